The van der Waals surface area contributed by atoms with E-state index in [4.69, 9.17) is 10.4 Å². The Morgan fingerprint density at radius 2 is 2.11 bits per heavy atom. The van der Waals surface area contributed by atoms with Gasteiger partial charge in [-0.15, -0.1) is 0 Å². The largest absolute Gasteiger partial charge is 0.393 e. The second-order valence-electron chi connectivity index (χ2n) is 2.55. The molecule has 1 rings (SSSR count). The smallest absolute Gasteiger partial charge is 0.0952 e. The predicted octanol–water partition coefficient (Wildman–Crippen LogP) is 0.779. The van der Waals surface area contributed by atoms with Gasteiger partial charge in [-0.05, 0) is 19.3 Å². The summed E-state index contributed by atoms with van der Waals surface area (Å²) >= 11 is 0. The Hall–Kier alpha value is -0.120. The molecule has 0 bridgehead atoms. The van der Waals surface area contributed by atoms with Crippen molar-refractivity contribution in [2.24, 2.45) is 0 Å². The first kappa shape index (κ1) is 6.99. The molecule has 2 N–H and O–H groups in total. The summed E-state index contributed by atoms with van der Waals surface area (Å²) in [5, 5.41) is 17.2. The van der Waals surface area contributed by atoms with Crippen LogP contribution in [0, 0.1) is 0 Å². The van der Waals surface area contributed by atoms with Crippen molar-refractivity contribution < 1.29 is 15.3 Å². The predicted molar refractivity (Wildman–Crippen MR) is 32.0 cm³/mol. The molecule has 1 fully saturated rings. The first-order valence-electron chi connectivity index (χ1n) is 3.31. The Morgan fingerprint density at radius 3 is 2.56 bits per heavy atom. The maximum absolute atomic E-state index is 9.02. The molecule has 2 atom stereocenters. The summed E-state index contributed by atoms with van der Waals surface area (Å²) in [4.78, 5) is 4.10. The topological polar surface area (TPSA) is 49.7 Å². The highest BCUT2D eigenvalue weighted by Gasteiger charge is 2.20. The number of rotatable bonds is 1. The molecule has 0 saturated heterocycles. The van der Waals surface area contributed by atoms with E-state index < -0.39 is 0 Å². The Bertz CT molecular complexity index is 84.4. The highest BCUT2D eigenvalue weighted by molar-refractivity contribution is 4.70. The molecule has 3 heteroatoms. The molecule has 54 valence electrons. The van der Waals surface area contributed by atoms with Gasteiger partial charge in [-0.1, -0.05) is 0 Å². The average Bonchev–Trinajstić information content (AvgIpc) is 1.88. The summed E-state index contributed by atoms with van der Waals surface area (Å²) in [7, 11) is 0. The highest BCUT2D eigenvalue weighted by Crippen LogP contribution is 2.19. The molecule has 1 aliphatic carbocycles. The van der Waals surface area contributed by atoms with Gasteiger partial charge >= 0.3 is 0 Å². The van der Waals surface area contributed by atoms with Crippen LogP contribution in [-0.4, -0.2) is 22.6 Å². The van der Waals surface area contributed by atoms with Crippen LogP contribution in [-0.2, 0) is 4.89 Å². The minimum absolute atomic E-state index is 0.131. The average molecular weight is 132 g/mol. The van der Waals surface area contributed by atoms with Gasteiger partial charge in [0.05, 0.1) is 12.2 Å². The molecule has 0 heterocycles. The second-order valence-corrected chi connectivity index (χ2v) is 2.55. The minimum Gasteiger partial charge on any atom is -0.393 e. The first-order valence-corrected chi connectivity index (χ1v) is 3.31. The van der Waals surface area contributed by atoms with Crippen LogP contribution in [0.25, 0.3) is 0 Å². The molecule has 0 amide bonds. The fourth-order valence-electron chi connectivity index (χ4n) is 1.22. The van der Waals surface area contributed by atoms with Crippen molar-refractivity contribution in [3.8, 4) is 0 Å². The van der Waals surface area contributed by atoms with Crippen molar-refractivity contribution in [1.29, 1.82) is 0 Å². The van der Waals surface area contributed by atoms with Gasteiger partial charge in [-0.25, -0.2) is 4.89 Å². The van der Waals surface area contributed by atoms with Gasteiger partial charge in [0.1, 0.15) is 0 Å². The maximum Gasteiger partial charge on any atom is 0.0952 e. The van der Waals surface area contributed by atoms with Crippen molar-refractivity contribution in [2.75, 3.05) is 0 Å². The summed E-state index contributed by atoms with van der Waals surface area (Å²) in [6.07, 6.45) is 2.85. The standard InChI is InChI=1S/C6H12O3/c7-5-2-1-3-6(4-5)9-8/h5-8H,1-4H2/t5-,6-/m0/s1. The zero-order valence-corrected chi connectivity index (χ0v) is 5.29. The zero-order chi connectivity index (χ0) is 6.69. The number of hydrogen-bond donors (Lipinski definition) is 2. The Labute approximate surface area is 54.2 Å². The Balaban J connectivity index is 2.23. The van der Waals surface area contributed by atoms with E-state index in [-0.39, 0.29) is 12.2 Å². The monoisotopic (exact) mass is 132 g/mol. The summed E-state index contributed by atoms with van der Waals surface area (Å²) in [5.74, 6) is 0. The lowest BCUT2D eigenvalue weighted by atomic mass is 9.95. The summed E-state index contributed by atoms with van der Waals surface area (Å²) < 4.78 is 0. The van der Waals surface area contributed by atoms with E-state index in [9.17, 15) is 0 Å². The lowest BCUT2D eigenvalue weighted by molar-refractivity contribution is -0.288. The van der Waals surface area contributed by atoms with Crippen molar-refractivity contribution >= 4 is 0 Å². The van der Waals surface area contributed by atoms with Crippen LogP contribution in [0.4, 0.5) is 0 Å². The molecule has 0 aliphatic heterocycles. The highest BCUT2D eigenvalue weighted by atomic mass is 17.1. The van der Waals surface area contributed by atoms with Crippen LogP contribution in [0.3, 0.4) is 0 Å². The quantitative estimate of drug-likeness (QED) is 0.409. The molecule has 0 unspecified atom stereocenters. The van der Waals surface area contributed by atoms with Gasteiger partial charge in [0.15, 0.2) is 0 Å². The molecule has 0 aromatic carbocycles. The van der Waals surface area contributed by atoms with E-state index in [1.165, 1.54) is 0 Å². The number of aliphatic hydroxyl groups is 1. The normalized spacial score (nSPS) is 36.7. The van der Waals surface area contributed by atoms with Crippen LogP contribution in [0.5, 0.6) is 0 Å². The van der Waals surface area contributed by atoms with Gasteiger partial charge in [0.2, 0.25) is 0 Å². The van der Waals surface area contributed by atoms with E-state index >= 15 is 0 Å². The van der Waals surface area contributed by atoms with E-state index in [0.717, 1.165) is 19.3 Å². The minimum atomic E-state index is -0.268. The Morgan fingerprint density at radius 1 is 1.33 bits per heavy atom. The maximum atomic E-state index is 9.02. The fraction of sp³-hybridized carbons (Fsp3) is 1.00. The second kappa shape index (κ2) is 3.15. The summed E-state index contributed by atoms with van der Waals surface area (Å²) in [6, 6.07) is 0. The van der Waals surface area contributed by atoms with E-state index in [0.29, 0.717) is 6.42 Å². The van der Waals surface area contributed by atoms with E-state index in [1.807, 2.05) is 0 Å². The number of aliphatic hydroxyl groups excluding tert-OH is 1. The van der Waals surface area contributed by atoms with Crippen LogP contribution in [0.1, 0.15) is 25.7 Å². The third-order valence-electron chi connectivity index (χ3n) is 1.75. The molecule has 1 saturated carbocycles. The van der Waals surface area contributed by atoms with Crippen molar-refractivity contribution in [3.05, 3.63) is 0 Å². The summed E-state index contributed by atoms with van der Waals surface area (Å²) in [6.45, 7) is 0. The lowest BCUT2D eigenvalue weighted by Gasteiger charge is -2.22. The zero-order valence-electron chi connectivity index (χ0n) is 5.29. The Kier molecular flexibility index (Phi) is 2.45. The van der Waals surface area contributed by atoms with E-state index in [1.54, 1.807) is 0 Å². The number of hydrogen-bond acceptors (Lipinski definition) is 3. The molecular formula is C6H12O3. The SMILES string of the molecule is OO[C@H]1CCC[C@H](O)C1. The molecule has 1 aliphatic rings. The molecule has 0 spiro atoms. The summed E-state index contributed by atoms with van der Waals surface area (Å²) in [5.41, 5.74) is 0. The van der Waals surface area contributed by atoms with Crippen molar-refractivity contribution in [2.45, 2.75) is 37.9 Å². The lowest BCUT2D eigenvalue weighted by Crippen LogP contribution is -2.24. The van der Waals surface area contributed by atoms with Crippen LogP contribution in [0.2, 0.25) is 0 Å². The van der Waals surface area contributed by atoms with Gasteiger partial charge in [-0.2, -0.15) is 0 Å². The van der Waals surface area contributed by atoms with Crippen LogP contribution < -0.4 is 0 Å². The first-order chi connectivity index (χ1) is 4.33. The third-order valence-corrected chi connectivity index (χ3v) is 1.75. The van der Waals surface area contributed by atoms with Crippen LogP contribution >= 0.6 is 0 Å². The molecule has 3 nitrogen and oxygen atoms in total. The molecule has 9 heavy (non-hydrogen) atoms. The third kappa shape index (κ3) is 1.93. The van der Waals surface area contributed by atoms with Gasteiger partial charge in [-0.3, -0.25) is 5.26 Å². The van der Waals surface area contributed by atoms with E-state index in [2.05, 4.69) is 4.89 Å². The van der Waals surface area contributed by atoms with Crippen LogP contribution in [0.15, 0.2) is 0 Å². The van der Waals surface area contributed by atoms with Crippen molar-refractivity contribution in [1.82, 2.24) is 0 Å². The van der Waals surface area contributed by atoms with Crippen molar-refractivity contribution in [3.63, 3.8) is 0 Å². The van der Waals surface area contributed by atoms with Gasteiger partial charge < -0.3 is 5.11 Å². The fourth-order valence-corrected chi connectivity index (χ4v) is 1.22. The molecule has 0 radical (unpaired) electrons. The molecular weight excluding hydrogens is 120 g/mol. The molecule has 0 aromatic rings. The molecule has 0 aromatic heterocycles. The van der Waals surface area contributed by atoms with Gasteiger partial charge in [0.25, 0.3) is 0 Å². The van der Waals surface area contributed by atoms with Gasteiger partial charge in [0, 0.05) is 6.42 Å².